The molecule has 3 amide bonds. The van der Waals surface area contributed by atoms with Gasteiger partial charge in [0.2, 0.25) is 11.8 Å². The molecule has 2 heterocycles. The van der Waals surface area contributed by atoms with Crippen molar-refractivity contribution in [3.8, 4) is 11.5 Å². The number of nitrogens with zero attached hydrogens (tertiary/aromatic N) is 3. The molecule has 222 valence electrons. The van der Waals surface area contributed by atoms with Gasteiger partial charge in [0.05, 0.1) is 30.8 Å². The molecule has 2 N–H and O–H groups in total. The molecule has 0 aliphatic carbocycles. The van der Waals surface area contributed by atoms with Crippen molar-refractivity contribution in [2.45, 2.75) is 44.0 Å². The molecule has 0 radical (unpaired) electrons. The number of para-hydroxylation sites is 4. The van der Waals surface area contributed by atoms with E-state index >= 15 is 0 Å². The van der Waals surface area contributed by atoms with Crippen LogP contribution in [0.3, 0.4) is 0 Å². The molecule has 10 nitrogen and oxygen atoms in total. The summed E-state index contributed by atoms with van der Waals surface area (Å²) in [5, 5.41) is 5.68. The molecule has 0 aromatic heterocycles. The van der Waals surface area contributed by atoms with E-state index in [1.165, 1.54) is 16.7 Å². The number of anilines is 1. The topological polar surface area (TPSA) is 122 Å². The average molecular weight is 600 g/mol. The number of amidine groups is 2. The maximum Gasteiger partial charge on any atom is 0.259 e. The van der Waals surface area contributed by atoms with E-state index in [0.717, 1.165) is 11.1 Å². The lowest BCUT2D eigenvalue weighted by atomic mass is 10.1. The Hall–Kier alpha value is -4.64. The lowest BCUT2D eigenvalue weighted by Gasteiger charge is -2.27. The van der Waals surface area contributed by atoms with Crippen molar-refractivity contribution in [1.82, 2.24) is 10.2 Å². The molecular formula is C32H33N5O5S. The van der Waals surface area contributed by atoms with Crippen molar-refractivity contribution in [1.29, 1.82) is 0 Å². The number of carbonyl (C=O) groups is 3. The number of thioether (sulfide) groups is 1. The van der Waals surface area contributed by atoms with Crippen LogP contribution in [0, 0.1) is 0 Å². The van der Waals surface area contributed by atoms with Crippen LogP contribution < -0.4 is 20.1 Å². The zero-order chi connectivity index (χ0) is 30.3. The molecule has 3 aromatic carbocycles. The van der Waals surface area contributed by atoms with Crippen LogP contribution >= 0.6 is 11.8 Å². The third-order valence-electron chi connectivity index (χ3n) is 7.14. The largest absolute Gasteiger partial charge is 0.496 e. The Morgan fingerprint density at radius 2 is 1.67 bits per heavy atom. The van der Waals surface area contributed by atoms with Crippen LogP contribution in [0.5, 0.6) is 11.5 Å². The van der Waals surface area contributed by atoms with Gasteiger partial charge in [0.15, 0.2) is 5.17 Å². The van der Waals surface area contributed by atoms with Crippen LogP contribution in [-0.2, 0) is 20.9 Å². The van der Waals surface area contributed by atoms with Crippen molar-refractivity contribution >= 4 is 51.9 Å². The van der Waals surface area contributed by atoms with Crippen molar-refractivity contribution < 1.29 is 23.9 Å². The second-order valence-corrected chi connectivity index (χ2v) is 11.1. The molecule has 3 aromatic rings. The van der Waals surface area contributed by atoms with Crippen molar-refractivity contribution in [3.05, 3.63) is 83.9 Å². The van der Waals surface area contributed by atoms with E-state index in [4.69, 9.17) is 19.5 Å². The van der Waals surface area contributed by atoms with Crippen LogP contribution in [0.1, 0.15) is 37.3 Å². The number of ether oxygens (including phenoxy) is 2. The third kappa shape index (κ3) is 6.56. The molecule has 11 heteroatoms. The van der Waals surface area contributed by atoms with Crippen molar-refractivity contribution in [2.75, 3.05) is 19.5 Å². The van der Waals surface area contributed by atoms with Gasteiger partial charge in [-0.05, 0) is 43.2 Å². The first-order valence-electron chi connectivity index (χ1n) is 14.0. The average Bonchev–Trinajstić information content (AvgIpc) is 3.38. The predicted molar refractivity (Wildman–Crippen MR) is 168 cm³/mol. The number of hydrogen-bond acceptors (Lipinski definition) is 8. The molecule has 2 atom stereocenters. The van der Waals surface area contributed by atoms with Gasteiger partial charge in [-0.25, -0.2) is 9.89 Å². The summed E-state index contributed by atoms with van der Waals surface area (Å²) in [6, 6.07) is 21.4. The third-order valence-corrected chi connectivity index (χ3v) is 8.45. The summed E-state index contributed by atoms with van der Waals surface area (Å²) < 4.78 is 10.7. The van der Waals surface area contributed by atoms with Crippen molar-refractivity contribution in [2.24, 2.45) is 9.98 Å². The Bertz CT molecular complexity index is 1590. The number of hydrogen-bond donors (Lipinski definition) is 2. The minimum Gasteiger partial charge on any atom is -0.496 e. The highest BCUT2D eigenvalue weighted by Crippen LogP contribution is 2.36. The Morgan fingerprint density at radius 3 is 2.44 bits per heavy atom. The summed E-state index contributed by atoms with van der Waals surface area (Å²) in [7, 11) is 3.13. The fourth-order valence-electron chi connectivity index (χ4n) is 4.88. The minimum atomic E-state index is -0.744. The molecule has 0 saturated carbocycles. The SMILES string of the molecule is CC[C@@H](SC1=Nc2ccccc2C2=N[C@@H](CCC(=O)NCc3ccccc3OC)C(=O)N12)C(=O)Nc1ccccc1OC. The zero-order valence-corrected chi connectivity index (χ0v) is 25.0. The van der Waals surface area contributed by atoms with Gasteiger partial charge >= 0.3 is 0 Å². The van der Waals surface area contributed by atoms with Gasteiger partial charge in [-0.15, -0.1) is 0 Å². The Kier molecular flexibility index (Phi) is 9.41. The van der Waals surface area contributed by atoms with Gasteiger partial charge in [0, 0.05) is 24.1 Å². The maximum absolute atomic E-state index is 13.7. The molecular weight excluding hydrogens is 566 g/mol. The zero-order valence-electron chi connectivity index (χ0n) is 24.2. The fraction of sp³-hybridized carbons (Fsp3) is 0.281. The predicted octanol–water partition coefficient (Wildman–Crippen LogP) is 4.91. The lowest BCUT2D eigenvalue weighted by molar-refractivity contribution is -0.125. The summed E-state index contributed by atoms with van der Waals surface area (Å²) in [4.78, 5) is 50.7. The molecule has 0 bridgehead atoms. The number of fused-ring (bicyclic) bond motifs is 3. The van der Waals surface area contributed by atoms with Gasteiger partial charge in [0.25, 0.3) is 5.91 Å². The standard InChI is InChI=1S/C32H33N5O5S/c1-4-27(30(39)35-23-14-8-10-16-26(23)42-3)43-32-36-22-13-7-6-12-21(22)29-34-24(31(40)37(29)32)17-18-28(38)33-19-20-11-5-9-15-25(20)41-2/h5-16,24,27H,4,17-19H2,1-3H3,(H,33,38)(H,35,39)/t24-,27+/m0/s1. The molecule has 43 heavy (non-hydrogen) atoms. The number of carbonyl (C=O) groups excluding carboxylic acids is 3. The van der Waals surface area contributed by atoms with E-state index in [1.54, 1.807) is 26.4 Å². The van der Waals surface area contributed by atoms with Crippen LogP contribution in [-0.4, -0.2) is 59.1 Å². The first-order valence-corrected chi connectivity index (χ1v) is 14.9. The highest BCUT2D eigenvalue weighted by atomic mass is 32.2. The summed E-state index contributed by atoms with van der Waals surface area (Å²) >= 11 is 1.22. The van der Waals surface area contributed by atoms with E-state index < -0.39 is 11.3 Å². The molecule has 0 unspecified atom stereocenters. The summed E-state index contributed by atoms with van der Waals surface area (Å²) in [6.45, 7) is 2.22. The highest BCUT2D eigenvalue weighted by molar-refractivity contribution is 8.15. The molecule has 2 aliphatic rings. The lowest BCUT2D eigenvalue weighted by Crippen LogP contribution is -2.42. The quantitative estimate of drug-likeness (QED) is 0.323. The monoisotopic (exact) mass is 599 g/mol. The number of aliphatic imine (C=N–C) groups is 2. The van der Waals surface area contributed by atoms with Gasteiger partial charge in [-0.2, -0.15) is 0 Å². The second kappa shape index (κ2) is 13.6. The smallest absolute Gasteiger partial charge is 0.259 e. The first kappa shape index (κ1) is 29.8. The van der Waals surface area contributed by atoms with Crippen LogP contribution in [0.2, 0.25) is 0 Å². The van der Waals surface area contributed by atoms with Gasteiger partial charge in [0.1, 0.15) is 23.4 Å². The number of benzene rings is 3. The second-order valence-electron chi connectivity index (χ2n) is 9.89. The molecule has 0 saturated heterocycles. The van der Waals surface area contributed by atoms with E-state index in [-0.39, 0.29) is 30.6 Å². The van der Waals surface area contributed by atoms with E-state index in [2.05, 4.69) is 10.6 Å². The van der Waals surface area contributed by atoms with E-state index in [0.29, 0.717) is 46.8 Å². The van der Waals surface area contributed by atoms with Gasteiger partial charge in [-0.1, -0.05) is 61.2 Å². The van der Waals surface area contributed by atoms with Crippen LogP contribution in [0.15, 0.2) is 82.8 Å². The minimum absolute atomic E-state index is 0.121. The Balaban J connectivity index is 1.29. The van der Waals surface area contributed by atoms with Crippen molar-refractivity contribution in [3.63, 3.8) is 0 Å². The molecule has 2 aliphatic heterocycles. The normalized spacial score (nSPS) is 15.9. The Morgan fingerprint density at radius 1 is 0.977 bits per heavy atom. The van der Waals surface area contributed by atoms with E-state index in [9.17, 15) is 14.4 Å². The summed E-state index contributed by atoms with van der Waals surface area (Å²) in [5.74, 6) is 1.05. The Labute approximate surface area is 254 Å². The maximum atomic E-state index is 13.7. The molecule has 0 fully saturated rings. The summed E-state index contributed by atoms with van der Waals surface area (Å²) in [6.07, 6.45) is 0.856. The number of amides is 3. The van der Waals surface area contributed by atoms with Gasteiger partial charge < -0.3 is 20.1 Å². The number of nitrogens with one attached hydrogen (secondary N) is 2. The highest BCUT2D eigenvalue weighted by Gasteiger charge is 2.42. The summed E-state index contributed by atoms with van der Waals surface area (Å²) in [5.41, 5.74) is 2.83. The van der Waals surface area contributed by atoms with E-state index in [1.807, 2.05) is 67.6 Å². The first-order chi connectivity index (χ1) is 20.9. The van der Waals surface area contributed by atoms with Crippen LogP contribution in [0.25, 0.3) is 0 Å². The van der Waals surface area contributed by atoms with Crippen LogP contribution in [0.4, 0.5) is 11.4 Å². The molecule has 5 rings (SSSR count). The number of rotatable bonds is 11. The van der Waals surface area contributed by atoms with Gasteiger partial charge in [-0.3, -0.25) is 19.4 Å². The molecule has 0 spiro atoms. The number of methoxy groups -OCH3 is 2. The fourth-order valence-corrected chi connectivity index (χ4v) is 5.90.